The Morgan fingerprint density at radius 1 is 0.743 bits per heavy atom. The quantitative estimate of drug-likeness (QED) is 0.274. The van der Waals surface area contributed by atoms with E-state index in [-0.39, 0.29) is 12.5 Å². The minimum atomic E-state index is -0.880. The van der Waals surface area contributed by atoms with Gasteiger partial charge in [0.05, 0.1) is 6.21 Å². The number of anilines is 2. The van der Waals surface area contributed by atoms with Crippen molar-refractivity contribution in [1.29, 1.82) is 0 Å². The van der Waals surface area contributed by atoms with Gasteiger partial charge < -0.3 is 15.4 Å². The minimum absolute atomic E-state index is 0.133. The average Bonchev–Trinajstić information content (AvgIpc) is 2.83. The van der Waals surface area contributed by atoms with Crippen LogP contribution in [0.3, 0.4) is 0 Å². The zero-order chi connectivity index (χ0) is 25.4. The number of aryl methyl sites for hydroxylation is 4. The van der Waals surface area contributed by atoms with Crippen molar-refractivity contribution in [3.8, 4) is 5.75 Å². The van der Waals surface area contributed by atoms with Gasteiger partial charge in [-0.15, -0.1) is 0 Å². The van der Waals surface area contributed by atoms with Crippen LogP contribution in [-0.4, -0.2) is 30.5 Å². The van der Waals surface area contributed by atoms with Gasteiger partial charge in [0.2, 0.25) is 0 Å². The normalized spacial score (nSPS) is 10.6. The lowest BCUT2D eigenvalue weighted by Gasteiger charge is -2.09. The number of hydrogen-bond acceptors (Lipinski definition) is 5. The van der Waals surface area contributed by atoms with Crippen molar-refractivity contribution in [3.63, 3.8) is 0 Å². The van der Waals surface area contributed by atoms with Crippen molar-refractivity contribution in [3.05, 3.63) is 88.5 Å². The summed E-state index contributed by atoms with van der Waals surface area (Å²) in [6.07, 6.45) is 1.40. The van der Waals surface area contributed by atoms with E-state index in [4.69, 9.17) is 4.74 Å². The molecule has 0 saturated carbocycles. The lowest BCUT2D eigenvalue weighted by atomic mass is 10.1. The summed E-state index contributed by atoms with van der Waals surface area (Å²) in [5, 5.41) is 9.15. The molecule has 0 aliphatic rings. The highest BCUT2D eigenvalue weighted by atomic mass is 16.5. The lowest BCUT2D eigenvalue weighted by Crippen LogP contribution is -2.32. The maximum absolute atomic E-state index is 12.1. The van der Waals surface area contributed by atoms with Gasteiger partial charge >= 0.3 is 11.8 Å². The van der Waals surface area contributed by atoms with Gasteiger partial charge in [-0.25, -0.2) is 5.43 Å². The van der Waals surface area contributed by atoms with Gasteiger partial charge in [-0.2, -0.15) is 5.10 Å². The monoisotopic (exact) mass is 472 g/mol. The predicted molar refractivity (Wildman–Crippen MR) is 137 cm³/mol. The van der Waals surface area contributed by atoms with E-state index >= 15 is 0 Å². The van der Waals surface area contributed by atoms with Crippen LogP contribution >= 0.6 is 0 Å². The molecule has 0 aliphatic heterocycles. The Morgan fingerprint density at radius 3 is 1.89 bits per heavy atom. The molecule has 8 nitrogen and oxygen atoms in total. The molecule has 35 heavy (non-hydrogen) atoms. The molecule has 180 valence electrons. The lowest BCUT2D eigenvalue weighted by molar-refractivity contribution is -0.136. The number of hydrogen-bond donors (Lipinski definition) is 3. The minimum Gasteiger partial charge on any atom is -0.484 e. The molecular weight excluding hydrogens is 444 g/mol. The second kappa shape index (κ2) is 11.6. The zero-order valence-corrected chi connectivity index (χ0v) is 20.1. The molecule has 3 aromatic carbocycles. The summed E-state index contributed by atoms with van der Waals surface area (Å²) >= 11 is 0. The summed E-state index contributed by atoms with van der Waals surface area (Å²) in [5.41, 5.74) is 8.48. The molecule has 0 atom stereocenters. The molecule has 8 heteroatoms. The number of nitrogens with one attached hydrogen (secondary N) is 3. The Kier molecular flexibility index (Phi) is 8.34. The molecule has 3 amide bonds. The van der Waals surface area contributed by atoms with E-state index < -0.39 is 11.8 Å². The predicted octanol–water partition coefficient (Wildman–Crippen LogP) is 4.03. The van der Waals surface area contributed by atoms with Crippen LogP contribution in [0.5, 0.6) is 5.75 Å². The van der Waals surface area contributed by atoms with Gasteiger partial charge in [0.1, 0.15) is 5.75 Å². The molecule has 3 aromatic rings. The Hall–Kier alpha value is -4.46. The van der Waals surface area contributed by atoms with Gasteiger partial charge in [-0.1, -0.05) is 12.1 Å². The first kappa shape index (κ1) is 25.2. The summed E-state index contributed by atoms with van der Waals surface area (Å²) in [7, 11) is 0. The van der Waals surface area contributed by atoms with Gasteiger partial charge in [0, 0.05) is 11.4 Å². The highest BCUT2D eigenvalue weighted by Crippen LogP contribution is 2.15. The molecule has 0 heterocycles. The molecule has 0 radical (unpaired) electrons. The maximum atomic E-state index is 12.1. The van der Waals surface area contributed by atoms with Crippen LogP contribution in [0.2, 0.25) is 0 Å². The summed E-state index contributed by atoms with van der Waals surface area (Å²) in [6.45, 7) is 7.75. The molecule has 0 bridgehead atoms. The number of carbonyl (C=O) groups is 3. The highest BCUT2D eigenvalue weighted by molar-refractivity contribution is 6.39. The SMILES string of the molecule is Cc1ccc(NC(=O)COc2ccc(/C=N\NC(=O)C(=O)Nc3ccc(C)c(C)c3)cc2)cc1C. The highest BCUT2D eigenvalue weighted by Gasteiger charge is 2.13. The fourth-order valence-corrected chi connectivity index (χ4v) is 3.04. The topological polar surface area (TPSA) is 109 Å². The van der Waals surface area contributed by atoms with Crippen LogP contribution in [-0.2, 0) is 14.4 Å². The van der Waals surface area contributed by atoms with Crippen molar-refractivity contribution in [2.24, 2.45) is 5.10 Å². The third-order valence-electron chi connectivity index (χ3n) is 5.39. The van der Waals surface area contributed by atoms with E-state index in [1.165, 1.54) is 6.21 Å². The largest absolute Gasteiger partial charge is 0.484 e. The first-order valence-corrected chi connectivity index (χ1v) is 11.0. The maximum Gasteiger partial charge on any atom is 0.329 e. The molecule has 0 aromatic heterocycles. The van der Waals surface area contributed by atoms with Crippen molar-refractivity contribution >= 4 is 35.3 Å². The molecular formula is C27H28N4O4. The Labute approximate surface area is 204 Å². The number of ether oxygens (including phenoxy) is 1. The molecule has 0 spiro atoms. The molecule has 0 saturated heterocycles. The third kappa shape index (κ3) is 7.53. The molecule has 0 aliphatic carbocycles. The smallest absolute Gasteiger partial charge is 0.329 e. The second-order valence-electron chi connectivity index (χ2n) is 8.16. The van der Waals surface area contributed by atoms with E-state index in [2.05, 4.69) is 21.2 Å². The van der Waals surface area contributed by atoms with E-state index in [0.717, 1.165) is 27.9 Å². The van der Waals surface area contributed by atoms with Gasteiger partial charge in [0.15, 0.2) is 6.61 Å². The fourth-order valence-electron chi connectivity index (χ4n) is 3.04. The van der Waals surface area contributed by atoms with Crippen LogP contribution < -0.4 is 20.8 Å². The Morgan fingerprint density at radius 2 is 1.31 bits per heavy atom. The third-order valence-corrected chi connectivity index (χ3v) is 5.39. The van der Waals surface area contributed by atoms with E-state index in [1.54, 1.807) is 36.4 Å². The van der Waals surface area contributed by atoms with Crippen molar-refractivity contribution < 1.29 is 19.1 Å². The van der Waals surface area contributed by atoms with Gasteiger partial charge in [-0.05, 0) is 104 Å². The molecule has 3 rings (SSSR count). The number of nitrogens with zero attached hydrogens (tertiary/aromatic N) is 1. The number of benzene rings is 3. The van der Waals surface area contributed by atoms with Crippen LogP contribution in [0, 0.1) is 27.7 Å². The van der Waals surface area contributed by atoms with Crippen molar-refractivity contribution in [2.75, 3.05) is 17.2 Å². The zero-order valence-electron chi connectivity index (χ0n) is 20.1. The van der Waals surface area contributed by atoms with Crippen molar-refractivity contribution in [1.82, 2.24) is 5.43 Å². The molecule has 0 fully saturated rings. The number of rotatable bonds is 7. The number of carbonyl (C=O) groups excluding carboxylic acids is 3. The standard InChI is InChI=1S/C27H28N4O4/c1-17-5-9-22(13-19(17)3)29-25(32)16-35-24-11-7-21(8-12-24)15-28-31-27(34)26(33)30-23-10-6-18(2)20(4)14-23/h5-15H,16H2,1-4H3,(H,29,32)(H,30,33)(H,31,34)/b28-15-. The van der Waals surface area contributed by atoms with E-state index in [9.17, 15) is 14.4 Å². The first-order valence-electron chi connectivity index (χ1n) is 11.0. The first-order chi connectivity index (χ1) is 16.7. The van der Waals surface area contributed by atoms with Gasteiger partial charge in [0.25, 0.3) is 5.91 Å². The number of amides is 3. The molecule has 0 unspecified atom stereocenters. The summed E-state index contributed by atoms with van der Waals surface area (Å²) < 4.78 is 5.52. The summed E-state index contributed by atoms with van der Waals surface area (Å²) in [6, 6.07) is 17.9. The summed E-state index contributed by atoms with van der Waals surface area (Å²) in [5.74, 6) is -1.45. The molecule has 3 N–H and O–H groups in total. The summed E-state index contributed by atoms with van der Waals surface area (Å²) in [4.78, 5) is 36.1. The van der Waals surface area contributed by atoms with Crippen molar-refractivity contribution in [2.45, 2.75) is 27.7 Å². The fraction of sp³-hybridized carbons (Fsp3) is 0.185. The Balaban J connectivity index is 1.44. The number of hydrazone groups is 1. The average molecular weight is 473 g/mol. The van der Waals surface area contributed by atoms with Crippen LogP contribution in [0.25, 0.3) is 0 Å². The Bertz CT molecular complexity index is 1270. The van der Waals surface area contributed by atoms with E-state index in [1.807, 2.05) is 52.0 Å². The van der Waals surface area contributed by atoms with Crippen LogP contribution in [0.1, 0.15) is 27.8 Å². The van der Waals surface area contributed by atoms with Crippen LogP contribution in [0.15, 0.2) is 65.8 Å². The van der Waals surface area contributed by atoms with Crippen LogP contribution in [0.4, 0.5) is 11.4 Å². The van der Waals surface area contributed by atoms with E-state index in [0.29, 0.717) is 17.0 Å². The van der Waals surface area contributed by atoms with Gasteiger partial charge in [-0.3, -0.25) is 14.4 Å². The second-order valence-corrected chi connectivity index (χ2v) is 8.16.